The van der Waals surface area contributed by atoms with Crippen molar-refractivity contribution in [2.45, 2.75) is 36.3 Å². The molecular weight excluding hydrogens is 344 g/mol. The van der Waals surface area contributed by atoms with E-state index in [0.29, 0.717) is 19.6 Å². The molecule has 0 N–H and O–H groups in total. The van der Waals surface area contributed by atoms with Gasteiger partial charge in [-0.05, 0) is 12.8 Å². The van der Waals surface area contributed by atoms with E-state index in [4.69, 9.17) is 18.9 Å². The Morgan fingerprint density at radius 1 is 1.00 bits per heavy atom. The molecule has 2 aliphatic heterocycles. The number of hydrogen-bond acceptors (Lipinski definition) is 6. The van der Waals surface area contributed by atoms with Gasteiger partial charge in [-0.25, -0.2) is 0 Å². The molecule has 3 aliphatic rings. The van der Waals surface area contributed by atoms with E-state index in [1.165, 1.54) is 0 Å². The van der Waals surface area contributed by atoms with Gasteiger partial charge in [0, 0.05) is 4.83 Å². The average Bonchev–Trinajstić information content (AvgIpc) is 3.36. The maximum Gasteiger partial charge on any atom is 0.311 e. The van der Waals surface area contributed by atoms with Crippen molar-refractivity contribution in [3.05, 3.63) is 0 Å². The summed E-state index contributed by atoms with van der Waals surface area (Å²) < 4.78 is 20.6. The molecule has 1 saturated carbocycles. The summed E-state index contributed by atoms with van der Waals surface area (Å²) in [6.45, 7) is 1.83. The third-order valence-corrected chi connectivity index (χ3v) is 5.05. The quantitative estimate of drug-likeness (QED) is 0.399. The van der Waals surface area contributed by atoms with E-state index in [1.54, 1.807) is 0 Å². The maximum atomic E-state index is 12.3. The van der Waals surface area contributed by atoms with Crippen molar-refractivity contribution in [2.24, 2.45) is 11.8 Å². The Hall–Kier alpha value is -0.660. The van der Waals surface area contributed by atoms with Gasteiger partial charge >= 0.3 is 11.9 Å². The van der Waals surface area contributed by atoms with Crippen molar-refractivity contribution in [3.8, 4) is 0 Å². The molecule has 0 aromatic rings. The molecule has 5 atom stereocenters. The Morgan fingerprint density at radius 3 is 2.14 bits per heavy atom. The van der Waals surface area contributed by atoms with Crippen molar-refractivity contribution in [1.82, 2.24) is 0 Å². The zero-order chi connectivity index (χ0) is 14.8. The van der Waals surface area contributed by atoms with Gasteiger partial charge in [-0.1, -0.05) is 22.4 Å². The van der Waals surface area contributed by atoms with Gasteiger partial charge in [0.2, 0.25) is 0 Å². The summed E-state index contributed by atoms with van der Waals surface area (Å²) in [5.74, 6) is -1.57. The third kappa shape index (κ3) is 4.17. The number of esters is 2. The lowest BCUT2D eigenvalue weighted by molar-refractivity contribution is -0.162. The second-order valence-electron chi connectivity index (χ2n) is 5.75. The first-order chi connectivity index (χ1) is 10.1. The number of hydrogen-bond donors (Lipinski definition) is 0. The number of halogens is 1. The second-order valence-corrected chi connectivity index (χ2v) is 6.93. The van der Waals surface area contributed by atoms with Crippen LogP contribution in [0.1, 0.15) is 19.3 Å². The number of ether oxygens (including phenoxy) is 4. The van der Waals surface area contributed by atoms with Gasteiger partial charge in [0.1, 0.15) is 25.4 Å². The van der Waals surface area contributed by atoms with Gasteiger partial charge in [0.25, 0.3) is 0 Å². The monoisotopic (exact) mass is 362 g/mol. The molecule has 7 heteroatoms. The molecule has 0 amide bonds. The summed E-state index contributed by atoms with van der Waals surface area (Å²) in [7, 11) is 0. The summed E-state index contributed by atoms with van der Waals surface area (Å²) >= 11 is 3.51. The number of alkyl halides is 1. The molecule has 0 aromatic carbocycles. The fourth-order valence-corrected chi connectivity index (χ4v) is 3.51. The molecular formula is C14H19BrO6. The van der Waals surface area contributed by atoms with Crippen LogP contribution >= 0.6 is 15.9 Å². The van der Waals surface area contributed by atoms with Gasteiger partial charge in [-0.15, -0.1) is 0 Å². The molecule has 118 valence electrons. The van der Waals surface area contributed by atoms with Crippen molar-refractivity contribution < 1.29 is 28.5 Å². The normalized spacial score (nSPS) is 37.7. The Kier molecular flexibility index (Phi) is 4.81. The molecule has 2 saturated heterocycles. The predicted octanol–water partition coefficient (Wildman–Crippen LogP) is 1.05. The molecule has 3 rings (SSSR count). The minimum Gasteiger partial charge on any atom is -0.463 e. The van der Waals surface area contributed by atoms with Gasteiger partial charge < -0.3 is 18.9 Å². The molecule has 0 radical (unpaired) electrons. The smallest absolute Gasteiger partial charge is 0.311 e. The third-order valence-electron chi connectivity index (χ3n) is 4.02. The highest BCUT2D eigenvalue weighted by atomic mass is 79.9. The van der Waals surface area contributed by atoms with Crippen LogP contribution < -0.4 is 0 Å². The van der Waals surface area contributed by atoms with Crippen LogP contribution in [0.25, 0.3) is 0 Å². The average molecular weight is 363 g/mol. The zero-order valence-corrected chi connectivity index (χ0v) is 13.2. The first-order valence-electron chi connectivity index (χ1n) is 7.35. The van der Waals surface area contributed by atoms with Gasteiger partial charge in [0.05, 0.1) is 25.0 Å². The van der Waals surface area contributed by atoms with E-state index in [9.17, 15) is 9.59 Å². The first-order valence-corrected chi connectivity index (χ1v) is 8.27. The lowest BCUT2D eigenvalue weighted by atomic mass is 9.79. The molecule has 0 spiro atoms. The van der Waals surface area contributed by atoms with Crippen molar-refractivity contribution in [3.63, 3.8) is 0 Å². The molecule has 3 fully saturated rings. The summed E-state index contributed by atoms with van der Waals surface area (Å²) in [6, 6.07) is 0. The number of rotatable bonds is 6. The van der Waals surface area contributed by atoms with Crippen molar-refractivity contribution >= 4 is 27.9 Å². The fourth-order valence-electron chi connectivity index (χ4n) is 2.60. The Balaban J connectivity index is 1.57. The van der Waals surface area contributed by atoms with Crippen LogP contribution in [-0.4, -0.2) is 55.4 Å². The minimum absolute atomic E-state index is 0.0312. The second kappa shape index (κ2) is 6.62. The molecule has 0 bridgehead atoms. The summed E-state index contributed by atoms with van der Waals surface area (Å²) in [6.07, 6.45) is 2.48. The van der Waals surface area contributed by atoms with Crippen LogP contribution in [0.5, 0.6) is 0 Å². The van der Waals surface area contributed by atoms with Crippen LogP contribution in [0.4, 0.5) is 0 Å². The van der Waals surface area contributed by atoms with Crippen molar-refractivity contribution in [2.75, 3.05) is 26.4 Å². The van der Waals surface area contributed by atoms with E-state index in [0.717, 1.165) is 12.8 Å². The Labute approximate surface area is 131 Å². The standard InChI is InChI=1S/C14H19BrO6/c15-11-3-1-2-10(13(16)20-6-8-4-18-8)12(11)14(17)21-7-9-5-19-9/h8-12H,1-7H2. The number of carbonyl (C=O) groups is 2. The Bertz CT molecular complexity index is 406. The SMILES string of the molecule is O=C(OCC1CO1)C1CCCC(Br)C1C(=O)OCC1CO1. The maximum absolute atomic E-state index is 12.3. The van der Waals surface area contributed by atoms with Crippen LogP contribution in [0, 0.1) is 11.8 Å². The highest BCUT2D eigenvalue weighted by Crippen LogP contribution is 2.36. The van der Waals surface area contributed by atoms with E-state index >= 15 is 0 Å². The molecule has 6 nitrogen and oxygen atoms in total. The lowest BCUT2D eigenvalue weighted by Crippen LogP contribution is -2.41. The summed E-state index contributed by atoms with van der Waals surface area (Å²) in [5.41, 5.74) is 0. The van der Waals surface area contributed by atoms with Crippen LogP contribution in [0.15, 0.2) is 0 Å². The van der Waals surface area contributed by atoms with Gasteiger partial charge in [0.15, 0.2) is 0 Å². The zero-order valence-electron chi connectivity index (χ0n) is 11.7. The van der Waals surface area contributed by atoms with E-state index in [-0.39, 0.29) is 42.2 Å². The highest BCUT2D eigenvalue weighted by Gasteiger charge is 2.44. The van der Waals surface area contributed by atoms with E-state index < -0.39 is 11.8 Å². The van der Waals surface area contributed by atoms with E-state index in [2.05, 4.69) is 15.9 Å². The largest absolute Gasteiger partial charge is 0.463 e. The van der Waals surface area contributed by atoms with Gasteiger partial charge in [-0.2, -0.15) is 0 Å². The molecule has 21 heavy (non-hydrogen) atoms. The minimum atomic E-state index is -0.481. The van der Waals surface area contributed by atoms with Gasteiger partial charge in [-0.3, -0.25) is 9.59 Å². The lowest BCUT2D eigenvalue weighted by Gasteiger charge is -2.32. The molecule has 0 aromatic heterocycles. The summed E-state index contributed by atoms with van der Waals surface area (Å²) in [5, 5.41) is 0. The highest BCUT2D eigenvalue weighted by molar-refractivity contribution is 9.09. The molecule has 2 heterocycles. The van der Waals surface area contributed by atoms with Crippen LogP contribution in [-0.2, 0) is 28.5 Å². The molecule has 5 unspecified atom stereocenters. The number of carbonyl (C=O) groups excluding carboxylic acids is 2. The van der Waals surface area contributed by atoms with Crippen LogP contribution in [0.3, 0.4) is 0 Å². The topological polar surface area (TPSA) is 77.7 Å². The fraction of sp³-hybridized carbons (Fsp3) is 0.857. The first kappa shape index (κ1) is 15.2. The summed E-state index contributed by atoms with van der Waals surface area (Å²) in [4.78, 5) is 24.4. The van der Waals surface area contributed by atoms with Crippen LogP contribution in [0.2, 0.25) is 0 Å². The Morgan fingerprint density at radius 2 is 1.57 bits per heavy atom. The number of epoxide rings is 2. The van der Waals surface area contributed by atoms with Crippen molar-refractivity contribution in [1.29, 1.82) is 0 Å². The predicted molar refractivity (Wildman–Crippen MR) is 74.9 cm³/mol. The molecule has 1 aliphatic carbocycles. The van der Waals surface area contributed by atoms with E-state index in [1.807, 2.05) is 0 Å².